The fourth-order valence-electron chi connectivity index (χ4n) is 2.64. The van der Waals surface area contributed by atoms with Crippen LogP contribution in [0.25, 0.3) is 0 Å². The first-order chi connectivity index (χ1) is 10.5. The summed E-state index contributed by atoms with van der Waals surface area (Å²) >= 11 is 0. The van der Waals surface area contributed by atoms with E-state index in [1.165, 1.54) is 0 Å². The van der Waals surface area contributed by atoms with E-state index in [0.29, 0.717) is 38.4 Å². The van der Waals surface area contributed by atoms with Crippen molar-refractivity contribution in [3.05, 3.63) is 18.0 Å². The Kier molecular flexibility index (Phi) is 5.54. The van der Waals surface area contributed by atoms with Crippen LogP contribution in [-0.2, 0) is 9.53 Å². The zero-order valence-corrected chi connectivity index (χ0v) is 13.4. The molecule has 1 aromatic rings. The number of aromatic nitrogens is 2. The first kappa shape index (κ1) is 16.5. The summed E-state index contributed by atoms with van der Waals surface area (Å²) < 4.78 is 6.69. The average molecular weight is 308 g/mol. The number of nitrogens with one attached hydrogen (secondary N) is 1. The van der Waals surface area contributed by atoms with Crippen molar-refractivity contribution >= 4 is 11.8 Å². The molecule has 0 aromatic carbocycles. The van der Waals surface area contributed by atoms with E-state index in [1.54, 1.807) is 29.0 Å². The molecule has 1 fully saturated rings. The van der Waals surface area contributed by atoms with Crippen LogP contribution in [0.15, 0.2) is 12.3 Å². The molecule has 1 atom stereocenters. The number of likely N-dealkylation sites (tertiary alicyclic amines) is 1. The topological polar surface area (TPSA) is 76.5 Å². The van der Waals surface area contributed by atoms with Crippen LogP contribution in [0.3, 0.4) is 0 Å². The van der Waals surface area contributed by atoms with E-state index in [4.69, 9.17) is 4.74 Å². The van der Waals surface area contributed by atoms with E-state index in [0.717, 1.165) is 0 Å². The minimum atomic E-state index is -0.144. The molecule has 2 amide bonds. The van der Waals surface area contributed by atoms with Crippen molar-refractivity contribution in [2.75, 3.05) is 33.4 Å². The van der Waals surface area contributed by atoms with Crippen molar-refractivity contribution in [3.63, 3.8) is 0 Å². The van der Waals surface area contributed by atoms with Crippen LogP contribution in [0.1, 0.15) is 36.8 Å². The summed E-state index contributed by atoms with van der Waals surface area (Å²) in [5, 5.41) is 7.06. The molecule has 2 rings (SSSR count). The SMILES string of the molecule is COCCN1CC(CNC(=O)c2ccnn2C(C)C)CC1=O. The second kappa shape index (κ2) is 7.40. The van der Waals surface area contributed by atoms with Gasteiger partial charge in [0.15, 0.2) is 0 Å². The van der Waals surface area contributed by atoms with Crippen LogP contribution in [0.2, 0.25) is 0 Å². The summed E-state index contributed by atoms with van der Waals surface area (Å²) in [4.78, 5) is 25.9. The number of amides is 2. The molecule has 1 aromatic heterocycles. The van der Waals surface area contributed by atoms with Gasteiger partial charge in [-0.25, -0.2) is 0 Å². The van der Waals surface area contributed by atoms with Gasteiger partial charge in [0.1, 0.15) is 5.69 Å². The molecule has 0 aliphatic carbocycles. The number of hydrogen-bond acceptors (Lipinski definition) is 4. The maximum absolute atomic E-state index is 12.2. The largest absolute Gasteiger partial charge is 0.383 e. The third-order valence-electron chi connectivity index (χ3n) is 3.80. The predicted octanol–water partition coefficient (Wildman–Crippen LogP) is 0.689. The van der Waals surface area contributed by atoms with Gasteiger partial charge in [-0.05, 0) is 19.9 Å². The molecule has 0 spiro atoms. The van der Waals surface area contributed by atoms with E-state index >= 15 is 0 Å². The van der Waals surface area contributed by atoms with E-state index < -0.39 is 0 Å². The third kappa shape index (κ3) is 3.85. The molecule has 1 aliphatic heterocycles. The Labute approximate surface area is 130 Å². The van der Waals surface area contributed by atoms with Crippen LogP contribution < -0.4 is 5.32 Å². The molecule has 2 heterocycles. The Hall–Kier alpha value is -1.89. The Morgan fingerprint density at radius 3 is 3.00 bits per heavy atom. The van der Waals surface area contributed by atoms with Crippen LogP contribution >= 0.6 is 0 Å². The molecular weight excluding hydrogens is 284 g/mol. The van der Waals surface area contributed by atoms with Gasteiger partial charge in [0, 0.05) is 51.3 Å². The normalized spacial score (nSPS) is 18.3. The molecule has 0 saturated carbocycles. The minimum absolute atomic E-state index is 0.128. The monoisotopic (exact) mass is 308 g/mol. The van der Waals surface area contributed by atoms with Crippen molar-refractivity contribution in [2.45, 2.75) is 26.3 Å². The molecule has 122 valence electrons. The second-order valence-electron chi connectivity index (χ2n) is 5.87. The van der Waals surface area contributed by atoms with Crippen molar-refractivity contribution in [1.82, 2.24) is 20.0 Å². The predicted molar refractivity (Wildman–Crippen MR) is 81.5 cm³/mol. The van der Waals surface area contributed by atoms with Gasteiger partial charge < -0.3 is 15.0 Å². The lowest BCUT2D eigenvalue weighted by Crippen LogP contribution is -2.33. The lowest BCUT2D eigenvalue weighted by molar-refractivity contribution is -0.128. The van der Waals surface area contributed by atoms with Crippen molar-refractivity contribution in [2.24, 2.45) is 5.92 Å². The highest BCUT2D eigenvalue weighted by Gasteiger charge is 2.29. The second-order valence-corrected chi connectivity index (χ2v) is 5.87. The maximum Gasteiger partial charge on any atom is 0.269 e. The molecule has 1 saturated heterocycles. The van der Waals surface area contributed by atoms with E-state index in [2.05, 4.69) is 10.4 Å². The first-order valence-electron chi connectivity index (χ1n) is 7.61. The van der Waals surface area contributed by atoms with Crippen LogP contribution in [-0.4, -0.2) is 59.8 Å². The quantitative estimate of drug-likeness (QED) is 0.804. The van der Waals surface area contributed by atoms with E-state index in [-0.39, 0.29) is 23.8 Å². The minimum Gasteiger partial charge on any atom is -0.383 e. The van der Waals surface area contributed by atoms with Gasteiger partial charge in [-0.2, -0.15) is 5.10 Å². The van der Waals surface area contributed by atoms with E-state index in [9.17, 15) is 9.59 Å². The van der Waals surface area contributed by atoms with Crippen molar-refractivity contribution in [3.8, 4) is 0 Å². The summed E-state index contributed by atoms with van der Waals surface area (Å²) in [5.41, 5.74) is 0.551. The number of carbonyl (C=O) groups excluding carboxylic acids is 2. The zero-order chi connectivity index (χ0) is 16.1. The molecule has 0 bridgehead atoms. The molecule has 22 heavy (non-hydrogen) atoms. The lowest BCUT2D eigenvalue weighted by Gasteiger charge is -2.16. The summed E-state index contributed by atoms with van der Waals surface area (Å²) in [6.07, 6.45) is 2.11. The standard InChI is InChI=1S/C15H24N4O3/c1-11(2)19-13(4-5-17-19)15(21)16-9-12-8-14(20)18(10-12)6-7-22-3/h4-5,11-12H,6-10H2,1-3H3,(H,16,21). The Morgan fingerprint density at radius 2 is 2.32 bits per heavy atom. The number of rotatable bonds is 7. The summed E-state index contributed by atoms with van der Waals surface area (Å²) in [5.74, 6) is 0.140. The number of methoxy groups -OCH3 is 1. The molecular formula is C15H24N4O3. The van der Waals surface area contributed by atoms with Gasteiger partial charge in [-0.3, -0.25) is 14.3 Å². The molecule has 1 aliphatic rings. The van der Waals surface area contributed by atoms with Gasteiger partial charge in [0.05, 0.1) is 6.61 Å². The summed E-state index contributed by atoms with van der Waals surface area (Å²) in [7, 11) is 1.62. The Balaban J connectivity index is 1.84. The summed E-state index contributed by atoms with van der Waals surface area (Å²) in [6.45, 7) is 6.28. The Morgan fingerprint density at radius 1 is 1.55 bits per heavy atom. The van der Waals surface area contributed by atoms with Gasteiger partial charge >= 0.3 is 0 Å². The highest BCUT2D eigenvalue weighted by molar-refractivity contribution is 5.92. The van der Waals surface area contributed by atoms with Gasteiger partial charge in [-0.1, -0.05) is 0 Å². The third-order valence-corrected chi connectivity index (χ3v) is 3.80. The molecule has 7 nitrogen and oxygen atoms in total. The maximum atomic E-state index is 12.2. The smallest absolute Gasteiger partial charge is 0.269 e. The molecule has 1 N–H and O–H groups in total. The highest BCUT2D eigenvalue weighted by Crippen LogP contribution is 2.17. The van der Waals surface area contributed by atoms with Gasteiger partial charge in [-0.15, -0.1) is 0 Å². The van der Waals surface area contributed by atoms with Crippen LogP contribution in [0.4, 0.5) is 0 Å². The van der Waals surface area contributed by atoms with Gasteiger partial charge in [0.25, 0.3) is 5.91 Å². The molecule has 7 heteroatoms. The zero-order valence-electron chi connectivity index (χ0n) is 13.4. The number of hydrogen-bond donors (Lipinski definition) is 1. The number of ether oxygens (including phenoxy) is 1. The Bertz CT molecular complexity index is 527. The van der Waals surface area contributed by atoms with Crippen molar-refractivity contribution < 1.29 is 14.3 Å². The number of nitrogens with zero attached hydrogens (tertiary/aromatic N) is 3. The number of carbonyl (C=O) groups is 2. The highest BCUT2D eigenvalue weighted by atomic mass is 16.5. The van der Waals surface area contributed by atoms with Crippen LogP contribution in [0.5, 0.6) is 0 Å². The van der Waals surface area contributed by atoms with Crippen LogP contribution in [0, 0.1) is 5.92 Å². The first-order valence-corrected chi connectivity index (χ1v) is 7.61. The van der Waals surface area contributed by atoms with Gasteiger partial charge in [0.2, 0.25) is 5.91 Å². The summed E-state index contributed by atoms with van der Waals surface area (Å²) in [6, 6.07) is 1.84. The van der Waals surface area contributed by atoms with Crippen molar-refractivity contribution in [1.29, 1.82) is 0 Å². The lowest BCUT2D eigenvalue weighted by atomic mass is 10.1. The fourth-order valence-corrected chi connectivity index (χ4v) is 2.64. The average Bonchev–Trinajstić information content (AvgIpc) is 3.09. The molecule has 0 radical (unpaired) electrons. The molecule has 1 unspecified atom stereocenters. The van der Waals surface area contributed by atoms with E-state index in [1.807, 2.05) is 13.8 Å². The fraction of sp³-hybridized carbons (Fsp3) is 0.667.